The summed E-state index contributed by atoms with van der Waals surface area (Å²) in [5, 5.41) is 10.0. The molecule has 0 radical (unpaired) electrons. The van der Waals surface area contributed by atoms with E-state index in [1.54, 1.807) is 12.3 Å². The fourth-order valence-corrected chi connectivity index (χ4v) is 1.62. The summed E-state index contributed by atoms with van der Waals surface area (Å²) in [6.45, 7) is 6.01. The van der Waals surface area contributed by atoms with Gasteiger partial charge in [0.25, 0.3) is 0 Å². The Labute approximate surface area is 85.2 Å². The van der Waals surface area contributed by atoms with Crippen LogP contribution in [0.2, 0.25) is 0 Å². The van der Waals surface area contributed by atoms with E-state index in [0.29, 0.717) is 11.7 Å². The van der Waals surface area contributed by atoms with Gasteiger partial charge < -0.3 is 5.11 Å². The molecule has 0 aliphatic rings. The smallest absolute Gasteiger partial charge is 0.125 e. The van der Waals surface area contributed by atoms with Crippen molar-refractivity contribution in [2.75, 3.05) is 0 Å². The van der Waals surface area contributed by atoms with E-state index in [-0.39, 0.29) is 0 Å². The first kappa shape index (κ1) is 11.1. The molecule has 1 N–H and O–H groups in total. The molecule has 0 aliphatic heterocycles. The highest BCUT2D eigenvalue weighted by atomic mass is 16.3. The summed E-state index contributed by atoms with van der Waals surface area (Å²) in [6, 6.07) is 1.79. The molecular weight excluding hydrogens is 176 g/mol. The molecule has 0 aromatic carbocycles. The Hall–Kier alpha value is -0.960. The van der Waals surface area contributed by atoms with Crippen molar-refractivity contribution in [3.63, 3.8) is 0 Å². The van der Waals surface area contributed by atoms with Gasteiger partial charge in [-0.15, -0.1) is 0 Å². The number of rotatable bonds is 4. The summed E-state index contributed by atoms with van der Waals surface area (Å²) in [7, 11) is 0. The summed E-state index contributed by atoms with van der Waals surface area (Å²) < 4.78 is 0. The lowest BCUT2D eigenvalue weighted by Crippen LogP contribution is -2.13. The zero-order valence-corrected chi connectivity index (χ0v) is 9.07. The SMILES string of the molecule is CCC(CC)C(O)c1ccnc(C)n1. The predicted octanol–water partition coefficient (Wildman–Crippen LogP) is 2.25. The fourth-order valence-electron chi connectivity index (χ4n) is 1.62. The molecule has 1 atom stereocenters. The van der Waals surface area contributed by atoms with Gasteiger partial charge in [-0.3, -0.25) is 0 Å². The van der Waals surface area contributed by atoms with Crippen molar-refractivity contribution in [3.8, 4) is 0 Å². The Morgan fingerprint density at radius 1 is 1.36 bits per heavy atom. The van der Waals surface area contributed by atoms with Crippen molar-refractivity contribution >= 4 is 0 Å². The van der Waals surface area contributed by atoms with Crippen molar-refractivity contribution in [2.45, 2.75) is 39.7 Å². The Kier molecular flexibility index (Phi) is 4.01. The van der Waals surface area contributed by atoms with Gasteiger partial charge in [0.05, 0.1) is 11.8 Å². The molecule has 0 fully saturated rings. The quantitative estimate of drug-likeness (QED) is 0.799. The normalized spacial score (nSPS) is 13.2. The van der Waals surface area contributed by atoms with Crippen molar-refractivity contribution in [1.29, 1.82) is 0 Å². The van der Waals surface area contributed by atoms with Crippen LogP contribution in [0.5, 0.6) is 0 Å². The molecule has 1 heterocycles. The summed E-state index contributed by atoms with van der Waals surface area (Å²) in [5.41, 5.74) is 0.742. The molecular formula is C11H18N2O. The number of hydrogen-bond acceptors (Lipinski definition) is 3. The van der Waals surface area contributed by atoms with Crippen LogP contribution in [0.3, 0.4) is 0 Å². The van der Waals surface area contributed by atoms with Crippen LogP contribution in [0.4, 0.5) is 0 Å². The van der Waals surface area contributed by atoms with Gasteiger partial charge in [0.1, 0.15) is 5.82 Å². The largest absolute Gasteiger partial charge is 0.387 e. The second kappa shape index (κ2) is 5.05. The third-order valence-corrected chi connectivity index (χ3v) is 2.60. The van der Waals surface area contributed by atoms with E-state index in [9.17, 15) is 5.11 Å². The zero-order chi connectivity index (χ0) is 10.6. The van der Waals surface area contributed by atoms with Crippen LogP contribution < -0.4 is 0 Å². The lowest BCUT2D eigenvalue weighted by Gasteiger charge is -2.19. The van der Waals surface area contributed by atoms with Crippen molar-refractivity contribution in [3.05, 3.63) is 23.8 Å². The first-order valence-corrected chi connectivity index (χ1v) is 5.16. The molecule has 1 aromatic rings. The van der Waals surface area contributed by atoms with Gasteiger partial charge >= 0.3 is 0 Å². The zero-order valence-electron chi connectivity index (χ0n) is 9.07. The number of hydrogen-bond donors (Lipinski definition) is 1. The Morgan fingerprint density at radius 2 is 2.00 bits per heavy atom. The predicted molar refractivity (Wildman–Crippen MR) is 55.8 cm³/mol. The maximum atomic E-state index is 10.0. The second-order valence-corrected chi connectivity index (χ2v) is 3.55. The van der Waals surface area contributed by atoms with Crippen LogP contribution in [0, 0.1) is 12.8 Å². The van der Waals surface area contributed by atoms with Crippen LogP contribution in [-0.4, -0.2) is 15.1 Å². The summed E-state index contributed by atoms with van der Waals surface area (Å²) in [6.07, 6.45) is 3.19. The lowest BCUT2D eigenvalue weighted by molar-refractivity contribution is 0.0988. The third kappa shape index (κ3) is 2.51. The topological polar surface area (TPSA) is 46.0 Å². The fraction of sp³-hybridized carbons (Fsp3) is 0.636. The van der Waals surface area contributed by atoms with E-state index in [1.807, 2.05) is 6.92 Å². The van der Waals surface area contributed by atoms with E-state index < -0.39 is 6.10 Å². The molecule has 3 nitrogen and oxygen atoms in total. The van der Waals surface area contributed by atoms with E-state index in [4.69, 9.17) is 0 Å². The van der Waals surface area contributed by atoms with Crippen molar-refractivity contribution in [1.82, 2.24) is 9.97 Å². The number of aromatic nitrogens is 2. The Balaban J connectivity index is 2.82. The average molecular weight is 194 g/mol. The molecule has 1 rings (SSSR count). The Morgan fingerprint density at radius 3 is 2.50 bits per heavy atom. The van der Waals surface area contributed by atoms with Crippen LogP contribution in [0.25, 0.3) is 0 Å². The molecule has 78 valence electrons. The highest BCUT2D eigenvalue weighted by Crippen LogP contribution is 2.25. The number of aryl methyl sites for hydroxylation is 1. The van der Waals surface area contributed by atoms with Crippen LogP contribution in [0.15, 0.2) is 12.3 Å². The maximum Gasteiger partial charge on any atom is 0.125 e. The van der Waals surface area contributed by atoms with Crippen molar-refractivity contribution in [2.24, 2.45) is 5.92 Å². The number of aliphatic hydroxyl groups is 1. The van der Waals surface area contributed by atoms with E-state index in [0.717, 1.165) is 18.5 Å². The van der Waals surface area contributed by atoms with E-state index in [2.05, 4.69) is 23.8 Å². The van der Waals surface area contributed by atoms with E-state index in [1.165, 1.54) is 0 Å². The van der Waals surface area contributed by atoms with E-state index >= 15 is 0 Å². The summed E-state index contributed by atoms with van der Waals surface area (Å²) in [4.78, 5) is 8.24. The van der Waals surface area contributed by atoms with Gasteiger partial charge in [-0.05, 0) is 18.9 Å². The monoisotopic (exact) mass is 194 g/mol. The molecule has 0 bridgehead atoms. The second-order valence-electron chi connectivity index (χ2n) is 3.55. The van der Waals surface area contributed by atoms with Crippen LogP contribution >= 0.6 is 0 Å². The molecule has 0 saturated heterocycles. The van der Waals surface area contributed by atoms with Gasteiger partial charge in [0.15, 0.2) is 0 Å². The van der Waals surface area contributed by atoms with Crippen LogP contribution in [-0.2, 0) is 0 Å². The van der Waals surface area contributed by atoms with Gasteiger partial charge in [-0.1, -0.05) is 26.7 Å². The third-order valence-electron chi connectivity index (χ3n) is 2.60. The van der Waals surface area contributed by atoms with Gasteiger partial charge in [-0.25, -0.2) is 9.97 Å². The van der Waals surface area contributed by atoms with Gasteiger partial charge in [-0.2, -0.15) is 0 Å². The molecule has 1 aromatic heterocycles. The number of aliphatic hydroxyl groups excluding tert-OH is 1. The molecule has 0 aliphatic carbocycles. The van der Waals surface area contributed by atoms with Crippen LogP contribution in [0.1, 0.15) is 44.3 Å². The average Bonchev–Trinajstić information content (AvgIpc) is 2.19. The molecule has 14 heavy (non-hydrogen) atoms. The maximum absolute atomic E-state index is 10.0. The minimum atomic E-state index is -0.452. The van der Waals surface area contributed by atoms with Crippen molar-refractivity contribution < 1.29 is 5.11 Å². The number of nitrogens with zero attached hydrogens (tertiary/aromatic N) is 2. The minimum absolute atomic E-state index is 0.296. The molecule has 1 unspecified atom stereocenters. The molecule has 0 spiro atoms. The first-order chi connectivity index (χ1) is 6.69. The van der Waals surface area contributed by atoms with Gasteiger partial charge in [0.2, 0.25) is 0 Å². The first-order valence-electron chi connectivity index (χ1n) is 5.16. The lowest BCUT2D eigenvalue weighted by atomic mass is 9.94. The molecule has 0 saturated carbocycles. The Bertz CT molecular complexity index is 284. The highest BCUT2D eigenvalue weighted by Gasteiger charge is 2.18. The molecule has 3 heteroatoms. The summed E-state index contributed by atoms with van der Waals surface area (Å²) >= 11 is 0. The minimum Gasteiger partial charge on any atom is -0.387 e. The van der Waals surface area contributed by atoms with Gasteiger partial charge in [0, 0.05) is 6.20 Å². The standard InChI is InChI=1S/C11H18N2O/c1-4-9(5-2)11(14)10-6-7-12-8(3)13-10/h6-7,9,11,14H,4-5H2,1-3H3. The summed E-state index contributed by atoms with van der Waals surface area (Å²) in [5.74, 6) is 1.01. The highest BCUT2D eigenvalue weighted by molar-refractivity contribution is 5.06. The molecule has 0 amide bonds.